The van der Waals surface area contributed by atoms with Crippen LogP contribution in [0.4, 0.5) is 0 Å². The Hall–Kier alpha value is -3.60. The maximum absolute atomic E-state index is 13.7. The quantitative estimate of drug-likeness (QED) is 0.319. The SMILES string of the molecule is Cc1cccc(CN(C(=O)CCCOc2ccccc2)[C@@H](Cc2ccccc2)C(=O)NC2CCCC2)c1. The molecule has 0 aliphatic heterocycles. The fourth-order valence-electron chi connectivity index (χ4n) is 5.00. The third-order valence-electron chi connectivity index (χ3n) is 6.95. The zero-order valence-corrected chi connectivity index (χ0v) is 21.8. The number of para-hydroxylation sites is 1. The molecule has 0 heterocycles. The van der Waals surface area contributed by atoms with Gasteiger partial charge >= 0.3 is 0 Å². The third kappa shape index (κ3) is 8.21. The number of carbonyl (C=O) groups is 2. The number of ether oxygens (including phenoxy) is 1. The number of hydrogen-bond donors (Lipinski definition) is 1. The number of nitrogens with zero attached hydrogens (tertiary/aromatic N) is 1. The van der Waals surface area contributed by atoms with Crippen LogP contribution >= 0.6 is 0 Å². The summed E-state index contributed by atoms with van der Waals surface area (Å²) in [6.07, 6.45) is 5.68. The fraction of sp³-hybridized carbons (Fsp3) is 0.375. The van der Waals surface area contributed by atoms with Crippen LogP contribution in [-0.4, -0.2) is 35.4 Å². The molecule has 1 fully saturated rings. The van der Waals surface area contributed by atoms with Crippen LogP contribution in [0.5, 0.6) is 5.75 Å². The van der Waals surface area contributed by atoms with Crippen molar-refractivity contribution in [2.24, 2.45) is 0 Å². The molecule has 4 rings (SSSR count). The summed E-state index contributed by atoms with van der Waals surface area (Å²) in [5.41, 5.74) is 3.21. The van der Waals surface area contributed by atoms with Crippen molar-refractivity contribution < 1.29 is 14.3 Å². The minimum absolute atomic E-state index is 0.0272. The molecule has 0 radical (unpaired) electrons. The summed E-state index contributed by atoms with van der Waals surface area (Å²) in [5, 5.41) is 3.26. The highest BCUT2D eigenvalue weighted by Gasteiger charge is 2.32. The lowest BCUT2D eigenvalue weighted by molar-refractivity contribution is -0.141. The Morgan fingerprint density at radius 1 is 0.919 bits per heavy atom. The second kappa shape index (κ2) is 13.6. The van der Waals surface area contributed by atoms with Gasteiger partial charge in [-0.05, 0) is 49.4 Å². The van der Waals surface area contributed by atoms with Crippen molar-refractivity contribution in [2.45, 2.75) is 70.5 Å². The molecule has 2 amide bonds. The molecule has 1 N–H and O–H groups in total. The summed E-state index contributed by atoms with van der Waals surface area (Å²) in [7, 11) is 0. The van der Waals surface area contributed by atoms with Crippen molar-refractivity contribution in [3.63, 3.8) is 0 Å². The molecule has 0 spiro atoms. The highest BCUT2D eigenvalue weighted by atomic mass is 16.5. The number of nitrogens with one attached hydrogen (secondary N) is 1. The van der Waals surface area contributed by atoms with E-state index in [2.05, 4.69) is 11.4 Å². The van der Waals surface area contributed by atoms with Gasteiger partial charge in [-0.1, -0.05) is 91.2 Å². The van der Waals surface area contributed by atoms with Gasteiger partial charge in [-0.15, -0.1) is 0 Å². The minimum atomic E-state index is -0.578. The molecule has 1 aliphatic rings. The Balaban J connectivity index is 1.52. The molecule has 37 heavy (non-hydrogen) atoms. The molecule has 3 aromatic rings. The highest BCUT2D eigenvalue weighted by molar-refractivity contribution is 5.88. The normalized spacial score (nSPS) is 14.2. The first-order chi connectivity index (χ1) is 18.1. The monoisotopic (exact) mass is 498 g/mol. The van der Waals surface area contributed by atoms with Gasteiger partial charge in [-0.25, -0.2) is 0 Å². The zero-order chi connectivity index (χ0) is 25.9. The topological polar surface area (TPSA) is 58.6 Å². The van der Waals surface area contributed by atoms with Crippen LogP contribution in [0, 0.1) is 6.92 Å². The molecule has 0 unspecified atom stereocenters. The summed E-state index contributed by atoms with van der Waals surface area (Å²) in [5.74, 6) is 0.711. The van der Waals surface area contributed by atoms with E-state index in [1.807, 2.05) is 85.8 Å². The van der Waals surface area contributed by atoms with Crippen molar-refractivity contribution in [1.82, 2.24) is 10.2 Å². The Bertz CT molecular complexity index is 1130. The van der Waals surface area contributed by atoms with E-state index in [0.29, 0.717) is 32.4 Å². The summed E-state index contributed by atoms with van der Waals surface area (Å²) in [4.78, 5) is 29.2. The average Bonchev–Trinajstić information content (AvgIpc) is 3.43. The Kier molecular flexibility index (Phi) is 9.75. The number of rotatable bonds is 12. The van der Waals surface area contributed by atoms with E-state index in [-0.39, 0.29) is 17.9 Å². The Labute approximate surface area is 220 Å². The smallest absolute Gasteiger partial charge is 0.243 e. The van der Waals surface area contributed by atoms with Crippen molar-refractivity contribution in [1.29, 1.82) is 0 Å². The van der Waals surface area contributed by atoms with Crippen molar-refractivity contribution >= 4 is 11.8 Å². The summed E-state index contributed by atoms with van der Waals surface area (Å²) >= 11 is 0. The molecule has 1 atom stereocenters. The largest absolute Gasteiger partial charge is 0.494 e. The molecule has 1 saturated carbocycles. The second-order valence-electron chi connectivity index (χ2n) is 9.97. The van der Waals surface area contributed by atoms with E-state index >= 15 is 0 Å². The van der Waals surface area contributed by atoms with Gasteiger partial charge in [-0.3, -0.25) is 9.59 Å². The van der Waals surface area contributed by atoms with E-state index in [1.165, 1.54) is 0 Å². The molecular formula is C32H38N2O3. The molecule has 5 nitrogen and oxygen atoms in total. The van der Waals surface area contributed by atoms with E-state index in [4.69, 9.17) is 4.74 Å². The maximum Gasteiger partial charge on any atom is 0.243 e. The van der Waals surface area contributed by atoms with E-state index < -0.39 is 6.04 Å². The predicted molar refractivity (Wildman–Crippen MR) is 147 cm³/mol. The van der Waals surface area contributed by atoms with Gasteiger partial charge in [0.25, 0.3) is 0 Å². The van der Waals surface area contributed by atoms with Crippen molar-refractivity contribution in [2.75, 3.05) is 6.61 Å². The molecule has 5 heteroatoms. The lowest BCUT2D eigenvalue weighted by Crippen LogP contribution is -2.52. The van der Waals surface area contributed by atoms with E-state index in [0.717, 1.165) is 48.1 Å². The summed E-state index contributed by atoms with van der Waals surface area (Å²) in [6, 6.07) is 27.4. The number of carbonyl (C=O) groups excluding carboxylic acids is 2. The number of aryl methyl sites for hydroxylation is 1. The van der Waals surface area contributed by atoms with Crippen LogP contribution in [0.1, 0.15) is 55.2 Å². The number of amides is 2. The fourth-order valence-corrected chi connectivity index (χ4v) is 5.00. The van der Waals surface area contributed by atoms with Crippen molar-refractivity contribution in [3.8, 4) is 5.75 Å². The molecule has 3 aromatic carbocycles. The number of hydrogen-bond acceptors (Lipinski definition) is 3. The van der Waals surface area contributed by atoms with Gasteiger partial charge < -0.3 is 15.0 Å². The van der Waals surface area contributed by atoms with Gasteiger partial charge in [0, 0.05) is 25.4 Å². The molecular weight excluding hydrogens is 460 g/mol. The predicted octanol–water partition coefficient (Wildman–Crippen LogP) is 5.85. The van der Waals surface area contributed by atoms with Gasteiger partial charge in [0.15, 0.2) is 0 Å². The molecule has 194 valence electrons. The Morgan fingerprint density at radius 2 is 1.59 bits per heavy atom. The van der Waals surface area contributed by atoms with Gasteiger partial charge in [0.05, 0.1) is 6.61 Å². The molecule has 1 aliphatic carbocycles. The average molecular weight is 499 g/mol. The van der Waals surface area contributed by atoms with Crippen LogP contribution in [-0.2, 0) is 22.6 Å². The van der Waals surface area contributed by atoms with Gasteiger partial charge in [-0.2, -0.15) is 0 Å². The lowest BCUT2D eigenvalue weighted by atomic mass is 10.0. The zero-order valence-electron chi connectivity index (χ0n) is 21.8. The first-order valence-electron chi connectivity index (χ1n) is 13.5. The van der Waals surface area contributed by atoms with Crippen LogP contribution in [0.2, 0.25) is 0 Å². The standard InChI is InChI=1S/C32H38N2O3/c1-25-12-10-15-27(22-25)24-34(31(35)20-11-21-37-29-18-6-3-7-19-29)30(23-26-13-4-2-5-14-26)32(36)33-28-16-8-9-17-28/h2-7,10,12-15,18-19,22,28,30H,8-9,11,16-17,20-21,23-24H2,1H3,(H,33,36)/t30-/m0/s1. The van der Waals surface area contributed by atoms with Crippen LogP contribution in [0.15, 0.2) is 84.9 Å². The van der Waals surface area contributed by atoms with Crippen molar-refractivity contribution in [3.05, 3.63) is 102 Å². The first-order valence-corrected chi connectivity index (χ1v) is 13.5. The molecule has 0 aromatic heterocycles. The van der Waals surface area contributed by atoms with E-state index in [1.54, 1.807) is 4.90 Å². The molecule has 0 bridgehead atoms. The third-order valence-corrected chi connectivity index (χ3v) is 6.95. The van der Waals surface area contributed by atoms with Crippen LogP contribution in [0.3, 0.4) is 0 Å². The second-order valence-corrected chi connectivity index (χ2v) is 9.97. The summed E-state index contributed by atoms with van der Waals surface area (Å²) in [6.45, 7) is 2.89. The Morgan fingerprint density at radius 3 is 2.30 bits per heavy atom. The van der Waals surface area contributed by atoms with Crippen LogP contribution in [0.25, 0.3) is 0 Å². The van der Waals surface area contributed by atoms with E-state index in [9.17, 15) is 9.59 Å². The van der Waals surface area contributed by atoms with Gasteiger partial charge in [0.2, 0.25) is 11.8 Å². The summed E-state index contributed by atoms with van der Waals surface area (Å²) < 4.78 is 5.81. The lowest BCUT2D eigenvalue weighted by Gasteiger charge is -2.32. The number of benzene rings is 3. The van der Waals surface area contributed by atoms with Crippen LogP contribution < -0.4 is 10.1 Å². The molecule has 0 saturated heterocycles. The maximum atomic E-state index is 13.7. The highest BCUT2D eigenvalue weighted by Crippen LogP contribution is 2.21. The minimum Gasteiger partial charge on any atom is -0.494 e. The first kappa shape index (κ1) is 26.5. The van der Waals surface area contributed by atoms with Gasteiger partial charge in [0.1, 0.15) is 11.8 Å².